The Morgan fingerprint density at radius 3 is 2.59 bits per heavy atom. The van der Waals surface area contributed by atoms with Crippen LogP contribution in [0.15, 0.2) is 53.4 Å². The normalized spacial score (nSPS) is 14.2. The molecule has 1 amide bonds. The van der Waals surface area contributed by atoms with Crippen molar-refractivity contribution in [2.45, 2.75) is 17.7 Å². The maximum Gasteiger partial charge on any atom is 0.226 e. The number of thioether (sulfide) groups is 1. The van der Waals surface area contributed by atoms with E-state index < -0.39 is 0 Å². The van der Waals surface area contributed by atoms with Crippen molar-refractivity contribution in [3.05, 3.63) is 48.5 Å². The summed E-state index contributed by atoms with van der Waals surface area (Å²) in [4.78, 5) is 17.8. The summed E-state index contributed by atoms with van der Waals surface area (Å²) in [5.74, 6) is 1.27. The van der Waals surface area contributed by atoms with E-state index in [0.29, 0.717) is 6.42 Å². The average Bonchev–Trinajstić information content (AvgIpc) is 2.72. The molecule has 5 nitrogen and oxygen atoms in total. The highest BCUT2D eigenvalue weighted by molar-refractivity contribution is 7.99. The topological polar surface area (TPSA) is 53.0 Å². The van der Waals surface area contributed by atoms with Gasteiger partial charge in [-0.1, -0.05) is 12.1 Å². The zero-order valence-corrected chi connectivity index (χ0v) is 16.5. The van der Waals surface area contributed by atoms with Gasteiger partial charge in [0.2, 0.25) is 5.91 Å². The van der Waals surface area contributed by atoms with Crippen LogP contribution in [0.5, 0.6) is 5.75 Å². The van der Waals surface area contributed by atoms with Crippen LogP contribution >= 0.6 is 11.8 Å². The highest BCUT2D eigenvalue weighted by atomic mass is 32.2. The Morgan fingerprint density at radius 1 is 1.15 bits per heavy atom. The Labute approximate surface area is 164 Å². The second-order valence-corrected chi connectivity index (χ2v) is 7.66. The minimum absolute atomic E-state index is 0.127. The van der Waals surface area contributed by atoms with Gasteiger partial charge in [-0.2, -0.15) is 0 Å². The molecular formula is C21H26N2O3S. The second kappa shape index (κ2) is 9.67. The van der Waals surface area contributed by atoms with Crippen LogP contribution in [-0.4, -0.2) is 50.1 Å². The van der Waals surface area contributed by atoms with E-state index in [0.717, 1.165) is 54.7 Å². The van der Waals surface area contributed by atoms with Crippen LogP contribution < -0.4 is 9.80 Å². The minimum Gasteiger partial charge on any atom is -0.508 e. The molecular weight excluding hydrogens is 360 g/mol. The number of aromatic hydroxyl groups is 1. The fourth-order valence-electron chi connectivity index (χ4n) is 3.08. The van der Waals surface area contributed by atoms with E-state index in [1.54, 1.807) is 28.8 Å². The van der Waals surface area contributed by atoms with Gasteiger partial charge in [0, 0.05) is 31.5 Å². The van der Waals surface area contributed by atoms with Crippen molar-refractivity contribution >= 4 is 29.0 Å². The van der Waals surface area contributed by atoms with Crippen LogP contribution in [-0.2, 0) is 9.53 Å². The van der Waals surface area contributed by atoms with Crippen LogP contribution in [0.2, 0.25) is 0 Å². The molecule has 0 aliphatic carbocycles. The second-order valence-electron chi connectivity index (χ2n) is 6.49. The van der Waals surface area contributed by atoms with Crippen molar-refractivity contribution in [1.82, 2.24) is 0 Å². The number of anilines is 2. The predicted octanol–water partition coefficient (Wildman–Crippen LogP) is 3.76. The Hall–Kier alpha value is -2.18. The lowest BCUT2D eigenvalue weighted by atomic mass is 10.2. The first-order chi connectivity index (χ1) is 13.1. The lowest BCUT2D eigenvalue weighted by molar-refractivity contribution is -0.118. The van der Waals surface area contributed by atoms with Crippen molar-refractivity contribution in [2.24, 2.45) is 0 Å². The summed E-state index contributed by atoms with van der Waals surface area (Å²) in [6.45, 7) is 3.14. The standard InChI is InChI=1S/C21H26N2O3S/c1-22(19-5-2-3-6-20(19)23-12-14-26-15-13-23)21(25)7-4-16-27-18-10-8-17(24)9-11-18/h2-3,5-6,8-11,24H,4,7,12-16H2,1H3. The Morgan fingerprint density at radius 2 is 1.85 bits per heavy atom. The summed E-state index contributed by atoms with van der Waals surface area (Å²) in [6, 6.07) is 15.2. The third-order valence-electron chi connectivity index (χ3n) is 4.61. The number of rotatable bonds is 7. The van der Waals surface area contributed by atoms with Crippen LogP contribution in [0.1, 0.15) is 12.8 Å². The molecule has 27 heavy (non-hydrogen) atoms. The van der Waals surface area contributed by atoms with Crippen LogP contribution in [0.3, 0.4) is 0 Å². The molecule has 3 rings (SSSR count). The van der Waals surface area contributed by atoms with E-state index in [1.165, 1.54) is 0 Å². The van der Waals surface area contributed by atoms with Gasteiger partial charge in [0.15, 0.2) is 0 Å². The molecule has 0 atom stereocenters. The smallest absolute Gasteiger partial charge is 0.226 e. The number of phenols is 1. The first-order valence-corrected chi connectivity index (χ1v) is 10.2. The molecule has 1 aliphatic rings. The highest BCUT2D eigenvalue weighted by Gasteiger charge is 2.19. The molecule has 0 radical (unpaired) electrons. The SMILES string of the molecule is CN(C(=O)CCCSc1ccc(O)cc1)c1ccccc1N1CCOCC1. The summed E-state index contributed by atoms with van der Waals surface area (Å²) in [5.41, 5.74) is 2.05. The fourth-order valence-corrected chi connectivity index (χ4v) is 3.93. The molecule has 0 spiro atoms. The van der Waals surface area contributed by atoms with E-state index in [4.69, 9.17) is 4.74 Å². The number of phenolic OH excluding ortho intramolecular Hbond substituents is 1. The van der Waals surface area contributed by atoms with Crippen molar-refractivity contribution in [3.8, 4) is 5.75 Å². The molecule has 0 bridgehead atoms. The number of morpholine rings is 1. The van der Waals surface area contributed by atoms with Crippen molar-refractivity contribution in [3.63, 3.8) is 0 Å². The zero-order chi connectivity index (χ0) is 19.1. The molecule has 1 aliphatic heterocycles. The number of hydrogen-bond donors (Lipinski definition) is 1. The maximum absolute atomic E-state index is 12.7. The summed E-state index contributed by atoms with van der Waals surface area (Å²) >= 11 is 1.70. The van der Waals surface area contributed by atoms with E-state index in [9.17, 15) is 9.90 Å². The molecule has 1 fully saturated rings. The third kappa shape index (κ3) is 5.40. The Kier molecular flexibility index (Phi) is 7.01. The van der Waals surface area contributed by atoms with Crippen molar-refractivity contribution < 1.29 is 14.6 Å². The lowest BCUT2D eigenvalue weighted by Crippen LogP contribution is -2.37. The first kappa shape index (κ1) is 19.6. The average molecular weight is 387 g/mol. The van der Waals surface area contributed by atoms with Gasteiger partial charge in [-0.25, -0.2) is 0 Å². The number of carbonyl (C=O) groups is 1. The van der Waals surface area contributed by atoms with E-state index in [-0.39, 0.29) is 11.7 Å². The van der Waals surface area contributed by atoms with Crippen LogP contribution in [0, 0.1) is 0 Å². The largest absolute Gasteiger partial charge is 0.508 e. The molecule has 144 valence electrons. The Bertz CT molecular complexity index is 745. The number of hydrogen-bond acceptors (Lipinski definition) is 5. The third-order valence-corrected chi connectivity index (χ3v) is 5.71. The van der Waals surface area contributed by atoms with Gasteiger partial charge in [0.25, 0.3) is 0 Å². The van der Waals surface area contributed by atoms with Crippen LogP contribution in [0.25, 0.3) is 0 Å². The quantitative estimate of drug-likeness (QED) is 0.580. The van der Waals surface area contributed by atoms with Gasteiger partial charge in [0.1, 0.15) is 5.75 Å². The lowest BCUT2D eigenvalue weighted by Gasteiger charge is -2.32. The van der Waals surface area contributed by atoms with E-state index in [2.05, 4.69) is 11.0 Å². The zero-order valence-electron chi connectivity index (χ0n) is 15.6. The summed E-state index contributed by atoms with van der Waals surface area (Å²) in [6.07, 6.45) is 1.33. The van der Waals surface area contributed by atoms with Gasteiger partial charge in [0.05, 0.1) is 24.6 Å². The van der Waals surface area contributed by atoms with Gasteiger partial charge in [-0.15, -0.1) is 11.8 Å². The van der Waals surface area contributed by atoms with Gasteiger partial charge in [-0.05, 0) is 48.6 Å². The molecule has 1 saturated heterocycles. The van der Waals surface area contributed by atoms with Crippen molar-refractivity contribution in [2.75, 3.05) is 48.9 Å². The van der Waals surface area contributed by atoms with Crippen molar-refractivity contribution in [1.29, 1.82) is 0 Å². The number of amides is 1. The van der Waals surface area contributed by atoms with Gasteiger partial charge in [-0.3, -0.25) is 4.79 Å². The summed E-state index contributed by atoms with van der Waals surface area (Å²) < 4.78 is 5.44. The number of ether oxygens (including phenoxy) is 1. The fraction of sp³-hybridized carbons (Fsp3) is 0.381. The maximum atomic E-state index is 12.7. The Balaban J connectivity index is 1.53. The first-order valence-electron chi connectivity index (χ1n) is 9.25. The summed E-state index contributed by atoms with van der Waals surface area (Å²) in [7, 11) is 1.86. The predicted molar refractivity (Wildman–Crippen MR) is 111 cm³/mol. The summed E-state index contributed by atoms with van der Waals surface area (Å²) in [5, 5.41) is 9.32. The minimum atomic E-state index is 0.127. The molecule has 0 saturated carbocycles. The molecule has 1 N–H and O–H groups in total. The molecule has 0 aromatic heterocycles. The molecule has 6 heteroatoms. The van der Waals surface area contributed by atoms with Crippen LogP contribution in [0.4, 0.5) is 11.4 Å². The van der Waals surface area contributed by atoms with E-state index in [1.807, 2.05) is 37.4 Å². The number of benzene rings is 2. The number of carbonyl (C=O) groups excluding carboxylic acids is 1. The molecule has 2 aromatic carbocycles. The number of para-hydroxylation sites is 2. The molecule has 0 unspecified atom stereocenters. The highest BCUT2D eigenvalue weighted by Crippen LogP contribution is 2.30. The van der Waals surface area contributed by atoms with Gasteiger partial charge < -0.3 is 19.6 Å². The molecule has 1 heterocycles. The van der Waals surface area contributed by atoms with E-state index >= 15 is 0 Å². The molecule has 2 aromatic rings. The monoisotopic (exact) mass is 386 g/mol. The van der Waals surface area contributed by atoms with Gasteiger partial charge >= 0.3 is 0 Å². The number of nitrogens with zero attached hydrogens (tertiary/aromatic N) is 2.